The van der Waals surface area contributed by atoms with Crippen LogP contribution >= 0.6 is 15.9 Å². The predicted molar refractivity (Wildman–Crippen MR) is 84.0 cm³/mol. The van der Waals surface area contributed by atoms with E-state index >= 15 is 0 Å². The number of non-ortho nitro benzene ring substituents is 1. The maximum Gasteiger partial charge on any atom is 0.271 e. The molecule has 0 fully saturated rings. The molecular weight excluding hydrogens is 392 g/mol. The van der Waals surface area contributed by atoms with Crippen LogP contribution < -0.4 is 14.6 Å². The first-order valence-electron chi connectivity index (χ1n) is 6.06. The molecule has 0 bridgehead atoms. The third-order valence-electron chi connectivity index (χ3n) is 2.83. The van der Waals surface area contributed by atoms with E-state index in [-0.39, 0.29) is 10.6 Å². The molecule has 8 nitrogen and oxygen atoms in total. The highest BCUT2D eigenvalue weighted by Gasteiger charge is 2.21. The molecule has 1 N–H and O–H groups in total. The van der Waals surface area contributed by atoms with Crippen molar-refractivity contribution in [3.8, 4) is 11.5 Å². The van der Waals surface area contributed by atoms with E-state index in [9.17, 15) is 23.6 Å². The molecule has 0 unspecified atom stereocenters. The summed E-state index contributed by atoms with van der Waals surface area (Å²) in [5.74, 6) is -0.619. The van der Waals surface area contributed by atoms with Crippen molar-refractivity contribution in [3.63, 3.8) is 0 Å². The van der Waals surface area contributed by atoms with Crippen LogP contribution in [-0.4, -0.2) is 20.5 Å². The van der Waals surface area contributed by atoms with Gasteiger partial charge in [0, 0.05) is 22.3 Å². The van der Waals surface area contributed by atoms with Gasteiger partial charge in [0.2, 0.25) is 0 Å². The second kappa shape index (κ2) is 6.42. The minimum atomic E-state index is -4.17. The minimum absolute atomic E-state index is 0.0681. The molecule has 2 aromatic rings. The molecule has 0 saturated heterocycles. The van der Waals surface area contributed by atoms with Crippen molar-refractivity contribution in [1.82, 2.24) is 0 Å². The third-order valence-corrected chi connectivity index (χ3v) is 4.71. The third kappa shape index (κ3) is 3.71. The zero-order valence-electron chi connectivity index (χ0n) is 11.6. The van der Waals surface area contributed by atoms with Gasteiger partial charge in [0.1, 0.15) is 10.6 Å². The summed E-state index contributed by atoms with van der Waals surface area (Å²) in [4.78, 5) is 9.81. The fraction of sp³-hybridized carbons (Fsp3) is 0.0769. The van der Waals surface area contributed by atoms with Gasteiger partial charge in [-0.15, -0.1) is 0 Å². The molecule has 0 saturated carbocycles. The van der Waals surface area contributed by atoms with E-state index in [2.05, 4.69) is 20.7 Å². The van der Waals surface area contributed by atoms with Gasteiger partial charge in [-0.2, -0.15) is 0 Å². The second-order valence-corrected chi connectivity index (χ2v) is 6.90. The molecule has 0 aliphatic rings. The lowest BCUT2D eigenvalue weighted by molar-refractivity contribution is -0.385. The molecule has 0 aliphatic carbocycles. The maximum absolute atomic E-state index is 12.4. The standard InChI is InChI=1S/C13H11BrN2O6S/c1-22-12-5-2-8(14)6-13(12)23(20,21)15-10-7-9(16(18)19)3-4-11(10)17/h2-7,15,17H,1H3/p-1. The molecule has 2 rings (SSSR count). The topological polar surface area (TPSA) is 122 Å². The van der Waals surface area contributed by atoms with Gasteiger partial charge in [0.15, 0.2) is 0 Å². The normalized spacial score (nSPS) is 11.0. The lowest BCUT2D eigenvalue weighted by Crippen LogP contribution is -2.15. The molecule has 0 aliphatic heterocycles. The lowest BCUT2D eigenvalue weighted by Gasteiger charge is -2.16. The van der Waals surface area contributed by atoms with Gasteiger partial charge in [0.25, 0.3) is 15.7 Å². The van der Waals surface area contributed by atoms with Crippen molar-refractivity contribution < 1.29 is 23.2 Å². The molecular formula is C13H10BrN2O6S-. The Morgan fingerprint density at radius 3 is 2.52 bits per heavy atom. The number of nitrogens with zero attached hydrogens (tertiary/aromatic N) is 1. The zero-order valence-corrected chi connectivity index (χ0v) is 14.0. The molecule has 2 aromatic carbocycles. The quantitative estimate of drug-likeness (QED) is 0.605. The molecule has 0 radical (unpaired) electrons. The molecule has 0 atom stereocenters. The minimum Gasteiger partial charge on any atom is -0.871 e. The van der Waals surface area contributed by atoms with Gasteiger partial charge in [0.05, 0.1) is 12.0 Å². The van der Waals surface area contributed by atoms with Crippen LogP contribution in [0.4, 0.5) is 11.4 Å². The highest BCUT2D eigenvalue weighted by atomic mass is 79.9. The molecule has 0 spiro atoms. The first kappa shape index (κ1) is 17.0. The molecule has 0 amide bonds. The summed E-state index contributed by atoms with van der Waals surface area (Å²) in [6.07, 6.45) is 0. The van der Waals surface area contributed by atoms with E-state index in [4.69, 9.17) is 4.74 Å². The molecule has 23 heavy (non-hydrogen) atoms. The largest absolute Gasteiger partial charge is 0.871 e. The Kier molecular flexibility index (Phi) is 4.76. The van der Waals surface area contributed by atoms with Crippen molar-refractivity contribution in [3.05, 3.63) is 51.0 Å². The van der Waals surface area contributed by atoms with Gasteiger partial charge >= 0.3 is 0 Å². The van der Waals surface area contributed by atoms with Crippen molar-refractivity contribution >= 4 is 37.3 Å². The Bertz CT molecular complexity index is 869. The number of nitro benzene ring substituents is 1. The van der Waals surface area contributed by atoms with E-state index in [1.807, 2.05) is 0 Å². The van der Waals surface area contributed by atoms with E-state index in [0.717, 1.165) is 18.2 Å². The number of benzene rings is 2. The number of ether oxygens (including phenoxy) is 1. The smallest absolute Gasteiger partial charge is 0.271 e. The molecule has 0 aromatic heterocycles. The Labute approximate surface area is 140 Å². The van der Waals surface area contributed by atoms with Crippen LogP contribution in [0.5, 0.6) is 11.5 Å². The maximum atomic E-state index is 12.4. The van der Waals surface area contributed by atoms with Gasteiger partial charge in [-0.3, -0.25) is 14.8 Å². The van der Waals surface area contributed by atoms with Crippen molar-refractivity contribution in [2.24, 2.45) is 0 Å². The average Bonchev–Trinajstić information content (AvgIpc) is 2.49. The van der Waals surface area contributed by atoms with Gasteiger partial charge < -0.3 is 9.84 Å². The van der Waals surface area contributed by atoms with Gasteiger partial charge in [-0.05, 0) is 18.2 Å². The summed E-state index contributed by atoms with van der Waals surface area (Å²) in [6, 6.07) is 7.11. The summed E-state index contributed by atoms with van der Waals surface area (Å²) in [5, 5.41) is 22.5. The Hall–Kier alpha value is -2.33. The summed E-state index contributed by atoms with van der Waals surface area (Å²) in [7, 11) is -2.87. The van der Waals surface area contributed by atoms with Crippen LogP contribution in [0.25, 0.3) is 0 Å². The first-order chi connectivity index (χ1) is 10.7. The van der Waals surface area contributed by atoms with Gasteiger partial charge in [-0.25, -0.2) is 8.42 Å². The number of hydrogen-bond acceptors (Lipinski definition) is 6. The fourth-order valence-electron chi connectivity index (χ4n) is 1.77. The molecule has 0 heterocycles. The number of anilines is 1. The monoisotopic (exact) mass is 401 g/mol. The van der Waals surface area contributed by atoms with Crippen molar-refractivity contribution in [2.75, 3.05) is 11.8 Å². The van der Waals surface area contributed by atoms with E-state index in [0.29, 0.717) is 4.47 Å². The number of sulfonamides is 1. The van der Waals surface area contributed by atoms with E-state index in [1.54, 1.807) is 6.07 Å². The molecule has 10 heteroatoms. The fourth-order valence-corrected chi connectivity index (χ4v) is 3.54. The second-order valence-electron chi connectivity index (χ2n) is 4.34. The summed E-state index contributed by atoms with van der Waals surface area (Å²) in [5.41, 5.74) is -0.815. The van der Waals surface area contributed by atoms with Gasteiger partial charge in [-0.1, -0.05) is 27.7 Å². The first-order valence-corrected chi connectivity index (χ1v) is 8.34. The number of halogens is 1. The number of rotatable bonds is 5. The Morgan fingerprint density at radius 1 is 1.22 bits per heavy atom. The van der Waals surface area contributed by atoms with Crippen LogP contribution in [0.3, 0.4) is 0 Å². The molecule has 122 valence electrons. The SMILES string of the molecule is COc1ccc(Br)cc1S(=O)(=O)Nc1cc([N+](=O)[O-])ccc1[O-]. The Morgan fingerprint density at radius 2 is 1.91 bits per heavy atom. The van der Waals surface area contributed by atoms with Crippen LogP contribution in [0.1, 0.15) is 0 Å². The number of nitrogens with one attached hydrogen (secondary N) is 1. The average molecular weight is 402 g/mol. The van der Waals surface area contributed by atoms with Crippen molar-refractivity contribution in [1.29, 1.82) is 0 Å². The number of methoxy groups -OCH3 is 1. The van der Waals surface area contributed by atoms with Crippen LogP contribution in [0, 0.1) is 10.1 Å². The zero-order chi connectivity index (χ0) is 17.2. The van der Waals surface area contributed by atoms with E-state index in [1.165, 1.54) is 19.2 Å². The number of hydrogen-bond donors (Lipinski definition) is 1. The van der Waals surface area contributed by atoms with E-state index < -0.39 is 32.1 Å². The number of nitro groups is 1. The van der Waals surface area contributed by atoms with Crippen LogP contribution in [-0.2, 0) is 10.0 Å². The van der Waals surface area contributed by atoms with Crippen LogP contribution in [0.15, 0.2) is 45.8 Å². The highest BCUT2D eigenvalue weighted by molar-refractivity contribution is 9.10. The summed E-state index contributed by atoms with van der Waals surface area (Å²) < 4.78 is 32.4. The highest BCUT2D eigenvalue weighted by Crippen LogP contribution is 2.32. The van der Waals surface area contributed by atoms with Crippen molar-refractivity contribution in [2.45, 2.75) is 4.90 Å². The Balaban J connectivity index is 2.49. The lowest BCUT2D eigenvalue weighted by atomic mass is 10.2. The van der Waals surface area contributed by atoms with Crippen LogP contribution in [0.2, 0.25) is 0 Å². The summed E-state index contributed by atoms with van der Waals surface area (Å²) >= 11 is 3.15. The predicted octanol–water partition coefficient (Wildman–Crippen LogP) is 2.24. The summed E-state index contributed by atoms with van der Waals surface area (Å²) in [6.45, 7) is 0.